The van der Waals surface area contributed by atoms with Crippen LogP contribution in [0.4, 0.5) is 0 Å². The number of nitrogens with one attached hydrogen (secondary N) is 1. The Labute approximate surface area is 98.6 Å². The van der Waals surface area contributed by atoms with Gasteiger partial charge in [0.25, 0.3) is 0 Å². The SMILES string of the molecule is CC1CCCC1NCc1ccc(I)o1. The molecular formula is C11H16INO. The van der Waals surface area contributed by atoms with E-state index in [1.807, 2.05) is 12.1 Å². The van der Waals surface area contributed by atoms with E-state index in [0.29, 0.717) is 6.04 Å². The first-order chi connectivity index (χ1) is 6.75. The van der Waals surface area contributed by atoms with Gasteiger partial charge in [-0.05, 0) is 53.5 Å². The van der Waals surface area contributed by atoms with Gasteiger partial charge in [-0.2, -0.15) is 0 Å². The molecule has 1 aliphatic carbocycles. The molecule has 78 valence electrons. The Hall–Kier alpha value is -0.0300. The molecule has 0 aliphatic heterocycles. The number of hydrogen-bond acceptors (Lipinski definition) is 2. The van der Waals surface area contributed by atoms with Gasteiger partial charge in [-0.1, -0.05) is 13.3 Å². The minimum absolute atomic E-state index is 0.692. The van der Waals surface area contributed by atoms with Crippen LogP contribution in [0.5, 0.6) is 0 Å². The van der Waals surface area contributed by atoms with Gasteiger partial charge < -0.3 is 9.73 Å². The second kappa shape index (κ2) is 4.66. The second-order valence-corrected chi connectivity index (χ2v) is 5.16. The molecule has 1 aliphatic rings. The van der Waals surface area contributed by atoms with Crippen LogP contribution in [-0.4, -0.2) is 6.04 Å². The van der Waals surface area contributed by atoms with Gasteiger partial charge in [0.1, 0.15) is 5.76 Å². The second-order valence-electron chi connectivity index (χ2n) is 4.10. The van der Waals surface area contributed by atoms with Crippen LogP contribution in [0.25, 0.3) is 0 Å². The summed E-state index contributed by atoms with van der Waals surface area (Å²) in [7, 11) is 0. The van der Waals surface area contributed by atoms with Crippen LogP contribution >= 0.6 is 22.6 Å². The molecule has 1 saturated carbocycles. The number of hydrogen-bond donors (Lipinski definition) is 1. The van der Waals surface area contributed by atoms with Gasteiger partial charge >= 0.3 is 0 Å². The van der Waals surface area contributed by atoms with Crippen molar-refractivity contribution in [3.63, 3.8) is 0 Å². The highest BCUT2D eigenvalue weighted by molar-refractivity contribution is 14.1. The van der Waals surface area contributed by atoms with Crippen LogP contribution in [0.3, 0.4) is 0 Å². The summed E-state index contributed by atoms with van der Waals surface area (Å²) in [5, 5.41) is 3.56. The summed E-state index contributed by atoms with van der Waals surface area (Å²) in [5.74, 6) is 1.87. The molecule has 3 heteroatoms. The average molecular weight is 305 g/mol. The van der Waals surface area contributed by atoms with Crippen molar-refractivity contribution in [1.29, 1.82) is 0 Å². The maximum atomic E-state index is 5.50. The molecule has 0 saturated heterocycles. The van der Waals surface area contributed by atoms with Gasteiger partial charge in [0.15, 0.2) is 3.77 Å². The van der Waals surface area contributed by atoms with Crippen molar-refractivity contribution in [2.24, 2.45) is 5.92 Å². The fourth-order valence-corrected chi connectivity index (χ4v) is 2.59. The number of halogens is 1. The van der Waals surface area contributed by atoms with Gasteiger partial charge in [0.05, 0.1) is 6.54 Å². The van der Waals surface area contributed by atoms with E-state index in [1.54, 1.807) is 0 Å². The highest BCUT2D eigenvalue weighted by Gasteiger charge is 2.22. The molecule has 2 rings (SSSR count). The first-order valence-electron chi connectivity index (χ1n) is 5.23. The van der Waals surface area contributed by atoms with E-state index in [-0.39, 0.29) is 0 Å². The summed E-state index contributed by atoms with van der Waals surface area (Å²) in [6.45, 7) is 3.20. The summed E-state index contributed by atoms with van der Waals surface area (Å²) >= 11 is 2.20. The quantitative estimate of drug-likeness (QED) is 0.868. The van der Waals surface area contributed by atoms with Crippen molar-refractivity contribution in [3.8, 4) is 0 Å². The lowest BCUT2D eigenvalue weighted by Gasteiger charge is -2.15. The molecule has 0 amide bonds. The summed E-state index contributed by atoms with van der Waals surface area (Å²) in [5.41, 5.74) is 0. The van der Waals surface area contributed by atoms with Crippen LogP contribution in [0.2, 0.25) is 0 Å². The normalized spacial score (nSPS) is 27.0. The summed E-state index contributed by atoms with van der Waals surface area (Å²) in [4.78, 5) is 0. The lowest BCUT2D eigenvalue weighted by molar-refractivity contribution is 0.390. The fraction of sp³-hybridized carbons (Fsp3) is 0.636. The van der Waals surface area contributed by atoms with Crippen molar-refractivity contribution in [3.05, 3.63) is 21.7 Å². The molecule has 2 atom stereocenters. The Bertz CT molecular complexity index is 297. The third-order valence-corrected chi connectivity index (χ3v) is 3.61. The topological polar surface area (TPSA) is 25.2 Å². The van der Waals surface area contributed by atoms with Crippen molar-refractivity contribution in [1.82, 2.24) is 5.32 Å². The minimum Gasteiger partial charge on any atom is -0.454 e. The first-order valence-corrected chi connectivity index (χ1v) is 6.31. The predicted octanol–water partition coefficient (Wildman–Crippen LogP) is 3.16. The standard InChI is InChI=1S/C11H16INO/c1-8-3-2-4-10(8)13-7-9-5-6-11(12)14-9/h5-6,8,10,13H,2-4,7H2,1H3. The van der Waals surface area contributed by atoms with E-state index in [1.165, 1.54) is 19.3 Å². The number of furan rings is 1. The molecule has 0 bridgehead atoms. The summed E-state index contributed by atoms with van der Waals surface area (Å²) in [6.07, 6.45) is 4.06. The van der Waals surface area contributed by atoms with E-state index in [2.05, 4.69) is 34.8 Å². The molecular weight excluding hydrogens is 289 g/mol. The van der Waals surface area contributed by atoms with Crippen LogP contribution in [0.15, 0.2) is 16.5 Å². The molecule has 1 N–H and O–H groups in total. The van der Waals surface area contributed by atoms with Crippen molar-refractivity contribution in [2.75, 3.05) is 0 Å². The van der Waals surface area contributed by atoms with Gasteiger partial charge in [-0.25, -0.2) is 0 Å². The zero-order valence-electron chi connectivity index (χ0n) is 8.42. The molecule has 0 aromatic carbocycles. The Morgan fingerprint density at radius 1 is 1.50 bits per heavy atom. The monoisotopic (exact) mass is 305 g/mol. The zero-order chi connectivity index (χ0) is 9.97. The summed E-state index contributed by atoms with van der Waals surface area (Å²) in [6, 6.07) is 4.75. The minimum atomic E-state index is 0.692. The van der Waals surface area contributed by atoms with E-state index in [4.69, 9.17) is 4.42 Å². The van der Waals surface area contributed by atoms with Crippen LogP contribution in [0.1, 0.15) is 31.9 Å². The average Bonchev–Trinajstić information content (AvgIpc) is 2.72. The lowest BCUT2D eigenvalue weighted by Crippen LogP contribution is -2.30. The predicted molar refractivity (Wildman–Crippen MR) is 65.1 cm³/mol. The Balaban J connectivity index is 1.82. The molecule has 14 heavy (non-hydrogen) atoms. The van der Waals surface area contributed by atoms with Crippen molar-refractivity contribution < 1.29 is 4.42 Å². The maximum Gasteiger partial charge on any atom is 0.164 e. The molecule has 0 spiro atoms. The molecule has 1 heterocycles. The van der Waals surface area contributed by atoms with E-state index >= 15 is 0 Å². The van der Waals surface area contributed by atoms with E-state index < -0.39 is 0 Å². The highest BCUT2D eigenvalue weighted by atomic mass is 127. The van der Waals surface area contributed by atoms with E-state index in [9.17, 15) is 0 Å². The Morgan fingerprint density at radius 2 is 2.36 bits per heavy atom. The third-order valence-electron chi connectivity index (χ3n) is 3.03. The van der Waals surface area contributed by atoms with Gasteiger partial charge in [-0.3, -0.25) is 0 Å². The molecule has 0 radical (unpaired) electrons. The smallest absolute Gasteiger partial charge is 0.164 e. The van der Waals surface area contributed by atoms with Gasteiger partial charge in [0.2, 0.25) is 0 Å². The molecule has 2 unspecified atom stereocenters. The summed E-state index contributed by atoms with van der Waals surface area (Å²) < 4.78 is 6.47. The maximum absolute atomic E-state index is 5.50. The first kappa shape index (κ1) is 10.5. The Kier molecular flexibility index (Phi) is 3.49. The van der Waals surface area contributed by atoms with Gasteiger partial charge in [0, 0.05) is 6.04 Å². The lowest BCUT2D eigenvalue weighted by atomic mass is 10.1. The zero-order valence-corrected chi connectivity index (χ0v) is 10.6. The van der Waals surface area contributed by atoms with Crippen LogP contribution in [-0.2, 0) is 6.54 Å². The van der Waals surface area contributed by atoms with Crippen molar-refractivity contribution in [2.45, 2.75) is 38.8 Å². The van der Waals surface area contributed by atoms with Crippen molar-refractivity contribution >= 4 is 22.6 Å². The third kappa shape index (κ3) is 2.51. The number of rotatable bonds is 3. The van der Waals surface area contributed by atoms with Crippen LogP contribution in [0, 0.1) is 9.68 Å². The molecule has 2 nitrogen and oxygen atoms in total. The largest absolute Gasteiger partial charge is 0.454 e. The molecule has 1 aromatic rings. The van der Waals surface area contributed by atoms with E-state index in [0.717, 1.165) is 22.0 Å². The van der Waals surface area contributed by atoms with Crippen LogP contribution < -0.4 is 5.32 Å². The molecule has 1 aromatic heterocycles. The fourth-order valence-electron chi connectivity index (χ4n) is 2.13. The Morgan fingerprint density at radius 3 is 2.93 bits per heavy atom. The van der Waals surface area contributed by atoms with Gasteiger partial charge in [-0.15, -0.1) is 0 Å². The molecule has 1 fully saturated rings. The highest BCUT2D eigenvalue weighted by Crippen LogP contribution is 2.25.